The Labute approximate surface area is 111 Å². The molecular weight excluding hydrogens is 239 g/mol. The number of rotatable bonds is 0. The van der Waals surface area contributed by atoms with Gasteiger partial charge in [-0.2, -0.15) is 0 Å². The second-order valence-electron chi connectivity index (χ2n) is 4.81. The molecule has 0 amide bonds. The third-order valence-corrected chi connectivity index (χ3v) is 3.74. The molecule has 1 N–H and O–H groups in total. The van der Waals surface area contributed by atoms with E-state index in [9.17, 15) is 9.50 Å². The fraction of sp³-hybridized carbons (Fsp3) is 0.176. The van der Waals surface area contributed by atoms with E-state index in [1.165, 1.54) is 12.1 Å². The van der Waals surface area contributed by atoms with Gasteiger partial charge in [0.25, 0.3) is 0 Å². The Hall–Kier alpha value is -2.11. The maximum Gasteiger partial charge on any atom is 0.177 e. The summed E-state index contributed by atoms with van der Waals surface area (Å²) in [7, 11) is 0. The molecule has 0 radical (unpaired) electrons. The van der Waals surface area contributed by atoms with Crippen LogP contribution in [0.3, 0.4) is 0 Å². The van der Waals surface area contributed by atoms with Crippen LogP contribution in [0.15, 0.2) is 42.5 Å². The molecule has 1 unspecified atom stereocenters. The molecule has 1 nitrogen and oxygen atoms in total. The molecule has 1 aliphatic carbocycles. The first-order valence-corrected chi connectivity index (χ1v) is 6.22. The van der Waals surface area contributed by atoms with Crippen LogP contribution in [0.1, 0.15) is 22.3 Å². The third kappa shape index (κ3) is 1.75. The van der Waals surface area contributed by atoms with Gasteiger partial charge in [-0.15, -0.1) is 6.42 Å². The van der Waals surface area contributed by atoms with Crippen LogP contribution in [0.5, 0.6) is 0 Å². The van der Waals surface area contributed by atoms with Gasteiger partial charge >= 0.3 is 0 Å². The zero-order valence-corrected chi connectivity index (χ0v) is 10.4. The second-order valence-corrected chi connectivity index (χ2v) is 4.81. The number of benzene rings is 2. The molecule has 0 heterocycles. The van der Waals surface area contributed by atoms with Crippen molar-refractivity contribution in [2.45, 2.75) is 18.4 Å². The van der Waals surface area contributed by atoms with Gasteiger partial charge in [0.2, 0.25) is 0 Å². The number of halogens is 1. The molecule has 0 aromatic heterocycles. The molecule has 0 bridgehead atoms. The SMILES string of the molecule is C#CC1(O)c2ccccc2CCc2ccc(F)cc21. The zero-order valence-electron chi connectivity index (χ0n) is 10.4. The Morgan fingerprint density at radius 1 is 1.05 bits per heavy atom. The minimum atomic E-state index is -1.55. The molecule has 1 aliphatic rings. The summed E-state index contributed by atoms with van der Waals surface area (Å²) >= 11 is 0. The average Bonchev–Trinajstić information content (AvgIpc) is 2.56. The lowest BCUT2D eigenvalue weighted by atomic mass is 9.84. The van der Waals surface area contributed by atoms with Crippen molar-refractivity contribution in [3.63, 3.8) is 0 Å². The van der Waals surface area contributed by atoms with Gasteiger partial charge in [-0.3, -0.25) is 0 Å². The van der Waals surface area contributed by atoms with E-state index in [-0.39, 0.29) is 5.82 Å². The smallest absolute Gasteiger partial charge is 0.177 e. The Morgan fingerprint density at radius 2 is 1.74 bits per heavy atom. The molecule has 2 aromatic carbocycles. The molecule has 2 heteroatoms. The largest absolute Gasteiger partial charge is 0.369 e. The summed E-state index contributed by atoms with van der Waals surface area (Å²) in [5.74, 6) is 2.07. The third-order valence-electron chi connectivity index (χ3n) is 3.74. The summed E-state index contributed by atoms with van der Waals surface area (Å²) in [4.78, 5) is 0. The fourth-order valence-electron chi connectivity index (χ4n) is 2.76. The minimum absolute atomic E-state index is 0.383. The number of fused-ring (bicyclic) bond motifs is 2. The van der Waals surface area contributed by atoms with E-state index >= 15 is 0 Å². The average molecular weight is 252 g/mol. The summed E-state index contributed by atoms with van der Waals surface area (Å²) in [6, 6.07) is 12.0. The molecule has 0 saturated heterocycles. The predicted octanol–water partition coefficient (Wildman–Crippen LogP) is 2.79. The molecule has 0 saturated carbocycles. The Balaban J connectivity index is 2.34. The molecule has 19 heavy (non-hydrogen) atoms. The molecule has 0 spiro atoms. The normalized spacial score (nSPS) is 20.9. The summed E-state index contributed by atoms with van der Waals surface area (Å²) in [5, 5.41) is 10.9. The van der Waals surface area contributed by atoms with Crippen molar-refractivity contribution in [2.75, 3.05) is 0 Å². The molecule has 2 aromatic rings. The van der Waals surface area contributed by atoms with Crippen LogP contribution < -0.4 is 0 Å². The Bertz CT molecular complexity index is 684. The monoisotopic (exact) mass is 252 g/mol. The zero-order chi connectivity index (χ0) is 13.5. The van der Waals surface area contributed by atoms with Gasteiger partial charge in [0.05, 0.1) is 0 Å². The van der Waals surface area contributed by atoms with Crippen molar-refractivity contribution in [3.05, 3.63) is 70.5 Å². The van der Waals surface area contributed by atoms with Crippen LogP contribution in [0.25, 0.3) is 0 Å². The van der Waals surface area contributed by atoms with Crippen LogP contribution in [-0.2, 0) is 18.4 Å². The summed E-state index contributed by atoms with van der Waals surface area (Å²) in [5.41, 5.74) is 1.53. The van der Waals surface area contributed by atoms with Crippen LogP contribution in [0.2, 0.25) is 0 Å². The van der Waals surface area contributed by atoms with Crippen molar-refractivity contribution < 1.29 is 9.50 Å². The fourth-order valence-corrected chi connectivity index (χ4v) is 2.76. The first kappa shape index (κ1) is 12.0. The lowest BCUT2D eigenvalue weighted by molar-refractivity contribution is 0.144. The first-order chi connectivity index (χ1) is 9.15. The Morgan fingerprint density at radius 3 is 2.47 bits per heavy atom. The van der Waals surface area contributed by atoms with E-state index in [4.69, 9.17) is 6.42 Å². The van der Waals surface area contributed by atoms with Gasteiger partial charge in [-0.1, -0.05) is 36.3 Å². The number of hydrogen-bond donors (Lipinski definition) is 1. The molecule has 3 rings (SSSR count). The van der Waals surface area contributed by atoms with Gasteiger partial charge < -0.3 is 5.11 Å². The summed E-state index contributed by atoms with van der Waals surface area (Å²) in [6.07, 6.45) is 7.10. The summed E-state index contributed by atoms with van der Waals surface area (Å²) < 4.78 is 13.5. The number of hydrogen-bond acceptors (Lipinski definition) is 1. The van der Waals surface area contributed by atoms with Crippen LogP contribution in [0, 0.1) is 18.2 Å². The molecule has 0 fully saturated rings. The van der Waals surface area contributed by atoms with E-state index in [1.54, 1.807) is 6.07 Å². The summed E-state index contributed by atoms with van der Waals surface area (Å²) in [6.45, 7) is 0. The van der Waals surface area contributed by atoms with E-state index in [1.807, 2.05) is 24.3 Å². The maximum atomic E-state index is 13.5. The van der Waals surface area contributed by atoms with Crippen LogP contribution >= 0.6 is 0 Å². The van der Waals surface area contributed by atoms with Gasteiger partial charge in [0.1, 0.15) is 5.82 Å². The highest BCUT2D eigenvalue weighted by molar-refractivity contribution is 5.52. The van der Waals surface area contributed by atoms with Crippen molar-refractivity contribution in [2.24, 2.45) is 0 Å². The first-order valence-electron chi connectivity index (χ1n) is 6.22. The minimum Gasteiger partial charge on any atom is -0.369 e. The number of aliphatic hydroxyl groups is 1. The van der Waals surface area contributed by atoms with E-state index < -0.39 is 5.60 Å². The highest BCUT2D eigenvalue weighted by Gasteiger charge is 2.35. The topological polar surface area (TPSA) is 20.2 Å². The molecule has 94 valence electrons. The Kier molecular flexibility index (Phi) is 2.66. The molecular formula is C17H13FO. The standard InChI is InChI=1S/C17H13FO/c1-2-17(19)15-6-4-3-5-12(15)7-8-13-9-10-14(18)11-16(13)17/h1,3-6,9-11,19H,7-8H2. The van der Waals surface area contributed by atoms with Crippen LogP contribution in [0.4, 0.5) is 4.39 Å². The number of terminal acetylenes is 1. The van der Waals surface area contributed by atoms with E-state index in [0.717, 1.165) is 24.0 Å². The van der Waals surface area contributed by atoms with Gasteiger partial charge in [-0.05, 0) is 36.1 Å². The highest BCUT2D eigenvalue weighted by Crippen LogP contribution is 2.37. The lowest BCUT2D eigenvalue weighted by Crippen LogP contribution is -2.26. The van der Waals surface area contributed by atoms with E-state index in [0.29, 0.717) is 11.1 Å². The maximum absolute atomic E-state index is 13.5. The predicted molar refractivity (Wildman–Crippen MR) is 72.1 cm³/mol. The van der Waals surface area contributed by atoms with Crippen molar-refractivity contribution in [1.82, 2.24) is 0 Å². The van der Waals surface area contributed by atoms with Crippen molar-refractivity contribution in [3.8, 4) is 12.3 Å². The van der Waals surface area contributed by atoms with Crippen molar-refractivity contribution in [1.29, 1.82) is 0 Å². The van der Waals surface area contributed by atoms with E-state index in [2.05, 4.69) is 5.92 Å². The van der Waals surface area contributed by atoms with Gasteiger partial charge in [0.15, 0.2) is 5.60 Å². The van der Waals surface area contributed by atoms with Gasteiger partial charge in [0, 0.05) is 11.1 Å². The van der Waals surface area contributed by atoms with Gasteiger partial charge in [-0.25, -0.2) is 4.39 Å². The molecule has 1 atom stereocenters. The quantitative estimate of drug-likeness (QED) is 0.715. The lowest BCUT2D eigenvalue weighted by Gasteiger charge is -2.25. The number of aryl methyl sites for hydroxylation is 2. The van der Waals surface area contributed by atoms with Crippen LogP contribution in [-0.4, -0.2) is 5.11 Å². The highest BCUT2D eigenvalue weighted by atomic mass is 19.1. The van der Waals surface area contributed by atoms with Crippen molar-refractivity contribution >= 4 is 0 Å². The molecule has 0 aliphatic heterocycles. The second kappa shape index (κ2) is 4.22.